The summed E-state index contributed by atoms with van der Waals surface area (Å²) < 4.78 is 68.5. The molecule has 17 nitrogen and oxygen atoms in total. The molecule has 0 aliphatic carbocycles. The van der Waals surface area contributed by atoms with E-state index in [1.807, 2.05) is 0 Å². The van der Waals surface area contributed by atoms with Gasteiger partial charge in [-0.2, -0.15) is 0 Å². The van der Waals surface area contributed by atoms with Gasteiger partial charge in [0.15, 0.2) is 12.2 Å². The molecule has 0 fully saturated rings. The third-order valence-corrected chi connectivity index (χ3v) is 20.1. The van der Waals surface area contributed by atoms with E-state index in [9.17, 15) is 43.2 Å². The molecule has 3 unspecified atom stereocenters. The monoisotopic (exact) mass is 1410 g/mol. The second kappa shape index (κ2) is 66.3. The maximum absolute atomic E-state index is 13.1. The number of aliphatic hydroxyl groups is 1. The molecule has 570 valence electrons. The Balaban J connectivity index is 5.20. The van der Waals surface area contributed by atoms with E-state index in [-0.39, 0.29) is 25.7 Å². The zero-order chi connectivity index (χ0) is 71.0. The molecule has 0 aliphatic rings. The summed E-state index contributed by atoms with van der Waals surface area (Å²) in [6.07, 6.45) is 51.5. The van der Waals surface area contributed by atoms with Crippen molar-refractivity contribution < 1.29 is 80.2 Å². The zero-order valence-electron chi connectivity index (χ0n) is 63.0. The number of hydrogen-bond donors (Lipinski definition) is 3. The summed E-state index contributed by atoms with van der Waals surface area (Å²) in [5.41, 5.74) is 0. The third-order valence-electron chi connectivity index (χ3n) is 18.2. The first-order valence-electron chi connectivity index (χ1n) is 39.7. The summed E-state index contributed by atoms with van der Waals surface area (Å²) >= 11 is 0. The summed E-state index contributed by atoms with van der Waals surface area (Å²) in [6, 6.07) is 0. The van der Waals surface area contributed by atoms with Gasteiger partial charge in [-0.15, -0.1) is 0 Å². The highest BCUT2D eigenvalue weighted by Crippen LogP contribution is 2.45. The smallest absolute Gasteiger partial charge is 0.462 e. The molecule has 96 heavy (non-hydrogen) atoms. The molecule has 0 bridgehead atoms. The fraction of sp³-hybridized carbons (Fsp3) is 0.948. The van der Waals surface area contributed by atoms with Gasteiger partial charge in [0.2, 0.25) is 0 Å². The molecule has 0 amide bonds. The van der Waals surface area contributed by atoms with E-state index >= 15 is 0 Å². The van der Waals surface area contributed by atoms with Gasteiger partial charge in [-0.25, -0.2) is 9.13 Å². The van der Waals surface area contributed by atoms with Gasteiger partial charge in [0.25, 0.3) is 0 Å². The molecular weight excluding hydrogens is 1260 g/mol. The Hall–Kier alpha value is -1.94. The summed E-state index contributed by atoms with van der Waals surface area (Å²) in [4.78, 5) is 72.8. The highest BCUT2D eigenvalue weighted by molar-refractivity contribution is 7.47. The van der Waals surface area contributed by atoms with Crippen molar-refractivity contribution in [1.29, 1.82) is 0 Å². The van der Waals surface area contributed by atoms with Crippen LogP contribution in [-0.2, 0) is 65.4 Å². The molecular formula is C77H150O17P2. The van der Waals surface area contributed by atoms with E-state index in [4.69, 9.17) is 37.0 Å². The lowest BCUT2D eigenvalue weighted by atomic mass is 9.99. The molecule has 0 saturated carbocycles. The fourth-order valence-corrected chi connectivity index (χ4v) is 13.3. The molecule has 0 radical (unpaired) electrons. The number of phosphoric ester groups is 2. The van der Waals surface area contributed by atoms with Gasteiger partial charge in [0, 0.05) is 25.7 Å². The van der Waals surface area contributed by atoms with Crippen LogP contribution >= 0.6 is 15.6 Å². The third kappa shape index (κ3) is 69.2. The predicted octanol–water partition coefficient (Wildman–Crippen LogP) is 22.4. The minimum Gasteiger partial charge on any atom is -0.462 e. The number of carbonyl (C=O) groups excluding carboxylic acids is 4. The van der Waals surface area contributed by atoms with Crippen molar-refractivity contribution in [3.8, 4) is 0 Å². The van der Waals surface area contributed by atoms with Crippen LogP contribution in [0.4, 0.5) is 0 Å². The van der Waals surface area contributed by atoms with E-state index in [1.165, 1.54) is 186 Å². The normalized spacial score (nSPS) is 14.4. The van der Waals surface area contributed by atoms with Crippen LogP contribution < -0.4 is 0 Å². The minimum absolute atomic E-state index is 0.105. The Labute approximate surface area is 588 Å². The molecule has 0 rings (SSSR count). The van der Waals surface area contributed by atoms with E-state index in [2.05, 4.69) is 55.4 Å². The number of phosphoric acid groups is 2. The van der Waals surface area contributed by atoms with E-state index < -0.39 is 97.5 Å². The Morgan fingerprint density at radius 2 is 0.500 bits per heavy atom. The van der Waals surface area contributed by atoms with Crippen LogP contribution in [0.2, 0.25) is 0 Å². The number of ether oxygens (including phenoxy) is 4. The lowest BCUT2D eigenvalue weighted by Crippen LogP contribution is -2.30. The highest BCUT2D eigenvalue weighted by atomic mass is 31.2. The predicted molar refractivity (Wildman–Crippen MR) is 391 cm³/mol. The second-order valence-corrected chi connectivity index (χ2v) is 32.3. The van der Waals surface area contributed by atoms with Gasteiger partial charge < -0.3 is 33.8 Å². The summed E-state index contributed by atoms with van der Waals surface area (Å²) in [5, 5.41) is 10.6. The summed E-state index contributed by atoms with van der Waals surface area (Å²) in [6.45, 7) is 14.2. The van der Waals surface area contributed by atoms with E-state index in [0.717, 1.165) is 114 Å². The van der Waals surface area contributed by atoms with Crippen LogP contribution in [0, 0.1) is 23.7 Å². The van der Waals surface area contributed by atoms with Gasteiger partial charge in [-0.05, 0) is 49.4 Å². The molecule has 0 aromatic carbocycles. The molecule has 3 N–H and O–H groups in total. The number of esters is 4. The van der Waals surface area contributed by atoms with Crippen LogP contribution in [-0.4, -0.2) is 96.7 Å². The maximum Gasteiger partial charge on any atom is 0.472 e. The molecule has 19 heteroatoms. The van der Waals surface area contributed by atoms with E-state index in [1.54, 1.807) is 0 Å². The molecule has 6 atom stereocenters. The Morgan fingerprint density at radius 1 is 0.292 bits per heavy atom. The van der Waals surface area contributed by atoms with Crippen molar-refractivity contribution >= 4 is 39.5 Å². The van der Waals surface area contributed by atoms with Crippen molar-refractivity contribution in [2.45, 2.75) is 408 Å². The minimum atomic E-state index is -4.96. The number of rotatable bonds is 74. The molecule has 0 aliphatic heterocycles. The van der Waals surface area contributed by atoms with Gasteiger partial charge >= 0.3 is 39.5 Å². The van der Waals surface area contributed by atoms with Crippen LogP contribution in [0.3, 0.4) is 0 Å². The molecule has 0 aromatic heterocycles. The van der Waals surface area contributed by atoms with Gasteiger partial charge in [-0.1, -0.05) is 338 Å². The van der Waals surface area contributed by atoms with E-state index in [0.29, 0.717) is 31.6 Å². The topological polar surface area (TPSA) is 237 Å². The second-order valence-electron chi connectivity index (χ2n) is 29.4. The largest absolute Gasteiger partial charge is 0.472 e. The zero-order valence-corrected chi connectivity index (χ0v) is 64.8. The first kappa shape index (κ1) is 94.1. The van der Waals surface area contributed by atoms with Crippen LogP contribution in [0.1, 0.15) is 389 Å². The lowest BCUT2D eigenvalue weighted by Gasteiger charge is -2.21. The van der Waals surface area contributed by atoms with Gasteiger partial charge in [0.1, 0.15) is 19.3 Å². The molecule has 0 saturated heterocycles. The van der Waals surface area contributed by atoms with Gasteiger partial charge in [0.05, 0.1) is 26.4 Å². The van der Waals surface area contributed by atoms with Crippen LogP contribution in [0.15, 0.2) is 0 Å². The Kier molecular flexibility index (Phi) is 65.0. The van der Waals surface area contributed by atoms with Crippen molar-refractivity contribution in [1.82, 2.24) is 0 Å². The SMILES string of the molecule is CCC(C)CCCCCCCCCCCCCCCCC(=O)O[C@H](COC(=O)CCCCCCCCC(C)C)COP(=O)(O)OC[C@H](O)COP(=O)(O)OC[C@@H](COC(=O)CCCCCCCCCCCCCCCCC(C)C)OC(=O)CCCCCCCCCCCC(C)C. The summed E-state index contributed by atoms with van der Waals surface area (Å²) in [7, 11) is -9.91. The quantitative estimate of drug-likeness (QED) is 0.0222. The standard InChI is InChI=1S/C77H150O17P2/c1-9-70(8)56-48-40-31-25-19-15-11-13-17-21-27-33-43-51-59-76(81)94-73(64-88-75(80)58-50-42-36-35-39-47-55-69(6)7)66-92-96(85,86)90-62-71(78)61-89-95(83,84)91-65-72(93-77(82)60-52-44-34-28-22-24-30-38-46-54-68(4)5)63-87-74(79)57-49-41-32-26-20-16-12-10-14-18-23-29-37-45-53-67(2)3/h67-73,78H,9-66H2,1-8H3,(H,83,84)(H,85,86)/t70?,71-,72-,73-/m1/s1. The first-order valence-corrected chi connectivity index (χ1v) is 42.7. The molecule has 0 spiro atoms. The molecule has 0 aromatic rings. The number of aliphatic hydroxyl groups excluding tert-OH is 1. The van der Waals surface area contributed by atoms with Crippen molar-refractivity contribution in [2.75, 3.05) is 39.6 Å². The van der Waals surface area contributed by atoms with Gasteiger partial charge in [-0.3, -0.25) is 37.3 Å². The molecule has 0 heterocycles. The van der Waals surface area contributed by atoms with Crippen molar-refractivity contribution in [3.05, 3.63) is 0 Å². The number of hydrogen-bond acceptors (Lipinski definition) is 15. The van der Waals surface area contributed by atoms with Crippen molar-refractivity contribution in [2.24, 2.45) is 23.7 Å². The average molecular weight is 1410 g/mol. The maximum atomic E-state index is 13.1. The highest BCUT2D eigenvalue weighted by Gasteiger charge is 2.30. The number of carbonyl (C=O) groups is 4. The van der Waals surface area contributed by atoms with Crippen molar-refractivity contribution in [3.63, 3.8) is 0 Å². The number of unbranched alkanes of at least 4 members (excludes halogenated alkanes) is 39. The Morgan fingerprint density at radius 3 is 0.740 bits per heavy atom. The van der Waals surface area contributed by atoms with Crippen LogP contribution in [0.5, 0.6) is 0 Å². The Bertz CT molecular complexity index is 1890. The first-order chi connectivity index (χ1) is 46.1. The summed E-state index contributed by atoms with van der Waals surface area (Å²) in [5.74, 6) is 0.939. The van der Waals surface area contributed by atoms with Crippen LogP contribution in [0.25, 0.3) is 0 Å². The lowest BCUT2D eigenvalue weighted by molar-refractivity contribution is -0.161. The average Bonchev–Trinajstić information content (AvgIpc) is 1.29. The fourth-order valence-electron chi connectivity index (χ4n) is 11.7.